The molecule has 12 heteroatoms. The van der Waals surface area contributed by atoms with Gasteiger partial charge in [-0.25, -0.2) is 17.8 Å². The zero-order valence-electron chi connectivity index (χ0n) is 16.8. The predicted molar refractivity (Wildman–Crippen MR) is 115 cm³/mol. The topological polar surface area (TPSA) is 96.9 Å². The van der Waals surface area contributed by atoms with Gasteiger partial charge in [0.15, 0.2) is 4.34 Å². The molecule has 0 bridgehead atoms. The van der Waals surface area contributed by atoms with Crippen molar-refractivity contribution in [3.63, 3.8) is 0 Å². The number of sulfonamides is 1. The second kappa shape index (κ2) is 10.5. The Morgan fingerprint density at radius 1 is 1.26 bits per heavy atom. The van der Waals surface area contributed by atoms with Gasteiger partial charge in [0.2, 0.25) is 15.9 Å². The Bertz CT molecular complexity index is 1040. The maximum absolute atomic E-state index is 13.4. The number of thioether (sulfide) groups is 1. The molecule has 0 atom stereocenters. The quantitative estimate of drug-likeness (QED) is 0.415. The summed E-state index contributed by atoms with van der Waals surface area (Å²) in [5, 5.41) is 1.76. The van der Waals surface area contributed by atoms with Crippen LogP contribution in [-0.4, -0.2) is 73.0 Å². The molecule has 1 aliphatic rings. The molecule has 0 radical (unpaired) electrons. The molecular weight excluding hydrogens is 465 g/mol. The first-order chi connectivity index (χ1) is 14.8. The van der Waals surface area contributed by atoms with Crippen molar-refractivity contribution in [3.05, 3.63) is 41.2 Å². The van der Waals surface area contributed by atoms with E-state index >= 15 is 0 Å². The summed E-state index contributed by atoms with van der Waals surface area (Å²) in [5.41, 5.74) is 0.606. The Labute approximate surface area is 188 Å². The Morgan fingerprint density at radius 3 is 2.68 bits per heavy atom. The van der Waals surface area contributed by atoms with E-state index in [0.29, 0.717) is 16.6 Å². The van der Waals surface area contributed by atoms with Gasteiger partial charge in [-0.1, -0.05) is 17.8 Å². The molecule has 31 heavy (non-hydrogen) atoms. The SMILES string of the molecule is CCOC(=O)Cc1csc(SCC(=O)N2CCN(S(=O)(=O)c3cccc(F)c3)CC2)n1. The van der Waals surface area contributed by atoms with Crippen molar-refractivity contribution >= 4 is 45.0 Å². The first-order valence-corrected chi connectivity index (χ1v) is 12.9. The number of carbonyl (C=O) groups is 2. The maximum Gasteiger partial charge on any atom is 0.311 e. The fraction of sp³-hybridized carbons (Fsp3) is 0.421. The normalized spacial score (nSPS) is 15.1. The van der Waals surface area contributed by atoms with E-state index in [2.05, 4.69) is 4.98 Å². The molecule has 0 spiro atoms. The van der Waals surface area contributed by atoms with Crippen molar-refractivity contribution in [2.24, 2.45) is 0 Å². The highest BCUT2D eigenvalue weighted by atomic mass is 32.2. The molecule has 1 aromatic carbocycles. The molecule has 168 valence electrons. The lowest BCUT2D eigenvalue weighted by Crippen LogP contribution is -2.50. The second-order valence-corrected chi connectivity index (χ2v) is 10.6. The third-order valence-corrected chi connectivity index (χ3v) is 8.46. The minimum atomic E-state index is -3.80. The highest BCUT2D eigenvalue weighted by molar-refractivity contribution is 8.01. The molecule has 2 heterocycles. The molecule has 1 fully saturated rings. The van der Waals surface area contributed by atoms with E-state index in [0.717, 1.165) is 6.07 Å². The monoisotopic (exact) mass is 487 g/mol. The van der Waals surface area contributed by atoms with Crippen LogP contribution in [0, 0.1) is 5.82 Å². The lowest BCUT2D eigenvalue weighted by molar-refractivity contribution is -0.142. The number of piperazine rings is 1. The van der Waals surface area contributed by atoms with E-state index in [4.69, 9.17) is 4.74 Å². The molecule has 8 nitrogen and oxygen atoms in total. The highest BCUT2D eigenvalue weighted by Crippen LogP contribution is 2.24. The third kappa shape index (κ3) is 6.25. The number of rotatable bonds is 8. The van der Waals surface area contributed by atoms with Crippen molar-refractivity contribution in [2.45, 2.75) is 22.6 Å². The van der Waals surface area contributed by atoms with E-state index < -0.39 is 15.8 Å². The number of hydrogen-bond donors (Lipinski definition) is 0. The van der Waals surface area contributed by atoms with Gasteiger partial charge in [0.1, 0.15) is 5.82 Å². The lowest BCUT2D eigenvalue weighted by Gasteiger charge is -2.34. The summed E-state index contributed by atoms with van der Waals surface area (Å²) >= 11 is 2.63. The zero-order chi connectivity index (χ0) is 22.4. The van der Waals surface area contributed by atoms with E-state index in [1.165, 1.54) is 45.6 Å². The summed E-state index contributed by atoms with van der Waals surface area (Å²) in [5.74, 6) is -0.899. The highest BCUT2D eigenvalue weighted by Gasteiger charge is 2.30. The molecule has 0 unspecified atom stereocenters. The average Bonchev–Trinajstić information content (AvgIpc) is 3.19. The van der Waals surface area contributed by atoms with Crippen LogP contribution in [0.1, 0.15) is 12.6 Å². The summed E-state index contributed by atoms with van der Waals surface area (Å²) < 4.78 is 45.5. The molecule has 1 amide bonds. The van der Waals surface area contributed by atoms with Crippen LogP contribution in [-0.2, 0) is 30.8 Å². The van der Waals surface area contributed by atoms with Crippen molar-refractivity contribution in [1.82, 2.24) is 14.2 Å². The van der Waals surface area contributed by atoms with Crippen molar-refractivity contribution in [1.29, 1.82) is 0 Å². The van der Waals surface area contributed by atoms with E-state index in [9.17, 15) is 22.4 Å². The Hall–Kier alpha value is -2.02. The molecule has 1 saturated heterocycles. The molecule has 1 aromatic heterocycles. The van der Waals surface area contributed by atoms with Gasteiger partial charge >= 0.3 is 5.97 Å². The van der Waals surface area contributed by atoms with Crippen molar-refractivity contribution < 1.29 is 27.1 Å². The van der Waals surface area contributed by atoms with E-state index in [-0.39, 0.29) is 55.1 Å². The first kappa shape index (κ1) is 23.6. The predicted octanol–water partition coefficient (Wildman–Crippen LogP) is 2.01. The smallest absolute Gasteiger partial charge is 0.311 e. The fourth-order valence-corrected chi connectivity index (χ4v) is 6.17. The summed E-state index contributed by atoms with van der Waals surface area (Å²) in [4.78, 5) is 29.9. The maximum atomic E-state index is 13.4. The molecular formula is C19H22FN3O5S3. The number of esters is 1. The summed E-state index contributed by atoms with van der Waals surface area (Å²) in [6.45, 7) is 2.88. The van der Waals surface area contributed by atoms with Gasteiger partial charge in [0, 0.05) is 31.6 Å². The summed E-state index contributed by atoms with van der Waals surface area (Å²) in [7, 11) is -3.80. The largest absolute Gasteiger partial charge is 0.466 e. The van der Waals surface area contributed by atoms with Crippen LogP contribution >= 0.6 is 23.1 Å². The Balaban J connectivity index is 1.48. The van der Waals surface area contributed by atoms with Crippen LogP contribution in [0.5, 0.6) is 0 Å². The minimum Gasteiger partial charge on any atom is -0.466 e. The Morgan fingerprint density at radius 2 is 2.00 bits per heavy atom. The van der Waals surface area contributed by atoms with Crippen LogP contribution in [0.25, 0.3) is 0 Å². The molecule has 2 aromatic rings. The molecule has 0 aliphatic carbocycles. The molecule has 0 N–H and O–H groups in total. The van der Waals surface area contributed by atoms with Gasteiger partial charge in [-0.2, -0.15) is 4.31 Å². The number of aromatic nitrogens is 1. The number of hydrogen-bond acceptors (Lipinski definition) is 8. The van der Waals surface area contributed by atoms with E-state index in [1.807, 2.05) is 0 Å². The Kier molecular flexibility index (Phi) is 8.03. The fourth-order valence-electron chi connectivity index (χ4n) is 2.96. The third-order valence-electron chi connectivity index (χ3n) is 4.51. The average molecular weight is 488 g/mol. The number of thiazole rings is 1. The van der Waals surface area contributed by atoms with E-state index in [1.54, 1.807) is 17.2 Å². The van der Waals surface area contributed by atoms with Crippen LogP contribution in [0.15, 0.2) is 38.9 Å². The lowest BCUT2D eigenvalue weighted by atomic mass is 10.3. The minimum absolute atomic E-state index is 0.0924. The molecule has 0 saturated carbocycles. The van der Waals surface area contributed by atoms with Crippen LogP contribution in [0.2, 0.25) is 0 Å². The first-order valence-electron chi connectivity index (χ1n) is 9.56. The zero-order valence-corrected chi connectivity index (χ0v) is 19.3. The van der Waals surface area contributed by atoms with Crippen LogP contribution in [0.4, 0.5) is 4.39 Å². The van der Waals surface area contributed by atoms with Gasteiger partial charge in [-0.15, -0.1) is 11.3 Å². The van der Waals surface area contributed by atoms with Crippen molar-refractivity contribution in [2.75, 3.05) is 38.5 Å². The number of amides is 1. The summed E-state index contributed by atoms with van der Waals surface area (Å²) in [6, 6.07) is 4.90. The van der Waals surface area contributed by atoms with Gasteiger partial charge in [-0.05, 0) is 25.1 Å². The second-order valence-electron chi connectivity index (χ2n) is 6.62. The van der Waals surface area contributed by atoms with Gasteiger partial charge in [0.25, 0.3) is 0 Å². The number of benzene rings is 1. The van der Waals surface area contributed by atoms with Crippen molar-refractivity contribution in [3.8, 4) is 0 Å². The van der Waals surface area contributed by atoms with Gasteiger partial charge in [-0.3, -0.25) is 9.59 Å². The number of nitrogens with zero attached hydrogens (tertiary/aromatic N) is 3. The van der Waals surface area contributed by atoms with Crippen LogP contribution in [0.3, 0.4) is 0 Å². The van der Waals surface area contributed by atoms with Gasteiger partial charge in [0.05, 0.1) is 29.4 Å². The van der Waals surface area contributed by atoms with Crippen LogP contribution < -0.4 is 0 Å². The number of ether oxygens (including phenoxy) is 1. The standard InChI is InChI=1S/C19H22FN3O5S3/c1-2-28-18(25)11-15-12-29-19(21-15)30-13-17(24)22-6-8-23(9-7-22)31(26,27)16-5-3-4-14(20)10-16/h3-5,10,12H,2,6-9,11,13H2,1H3. The summed E-state index contributed by atoms with van der Waals surface area (Å²) in [6.07, 6.45) is 0.0978. The van der Waals surface area contributed by atoms with Gasteiger partial charge < -0.3 is 9.64 Å². The number of halogens is 1. The molecule has 1 aliphatic heterocycles. The molecule has 3 rings (SSSR count). The number of carbonyl (C=O) groups excluding carboxylic acids is 2.